The summed E-state index contributed by atoms with van der Waals surface area (Å²) in [5, 5.41) is 3.79. The van der Waals surface area contributed by atoms with Crippen molar-refractivity contribution < 1.29 is 14.3 Å². The van der Waals surface area contributed by atoms with Crippen LogP contribution in [0.4, 0.5) is 0 Å². The molecule has 1 N–H and O–H groups in total. The minimum absolute atomic E-state index is 0.0305. The number of nitrogens with zero attached hydrogens (tertiary/aromatic N) is 1. The highest BCUT2D eigenvalue weighted by molar-refractivity contribution is 6.42. The summed E-state index contributed by atoms with van der Waals surface area (Å²) in [5.74, 6) is 0.449. The van der Waals surface area contributed by atoms with E-state index >= 15 is 0 Å². The maximum Gasteiger partial charge on any atom is 0.261 e. The van der Waals surface area contributed by atoms with Crippen molar-refractivity contribution in [3.05, 3.63) is 63.6 Å². The van der Waals surface area contributed by atoms with Crippen molar-refractivity contribution >= 4 is 35.0 Å². The second kappa shape index (κ2) is 12.5. The minimum atomic E-state index is -0.632. The number of amides is 2. The fourth-order valence-electron chi connectivity index (χ4n) is 3.46. The van der Waals surface area contributed by atoms with Crippen LogP contribution in [-0.2, 0) is 21.5 Å². The van der Waals surface area contributed by atoms with Gasteiger partial charge in [-0.3, -0.25) is 9.59 Å². The molecule has 0 saturated heterocycles. The Hall–Kier alpha value is -2.24. The van der Waals surface area contributed by atoms with E-state index in [1.807, 2.05) is 45.0 Å². The Labute approximate surface area is 213 Å². The molecule has 0 spiro atoms. The second-order valence-electron chi connectivity index (χ2n) is 9.90. The van der Waals surface area contributed by atoms with Crippen LogP contribution in [0.2, 0.25) is 10.0 Å². The average molecular weight is 508 g/mol. The molecule has 0 fully saturated rings. The topological polar surface area (TPSA) is 58.6 Å². The molecule has 2 amide bonds. The Morgan fingerprint density at radius 2 is 1.68 bits per heavy atom. The third-order valence-corrected chi connectivity index (χ3v) is 6.23. The highest BCUT2D eigenvalue weighted by atomic mass is 35.5. The lowest BCUT2D eigenvalue weighted by molar-refractivity contribution is -0.143. The fourth-order valence-corrected chi connectivity index (χ4v) is 3.78. The molecular formula is C27H36Cl2N2O3. The molecule has 0 saturated carbocycles. The van der Waals surface area contributed by atoms with Crippen molar-refractivity contribution in [3.8, 4) is 5.75 Å². The average Bonchev–Trinajstić information content (AvgIpc) is 2.78. The summed E-state index contributed by atoms with van der Waals surface area (Å²) in [6.45, 7) is 13.0. The van der Waals surface area contributed by atoms with Gasteiger partial charge in [0.2, 0.25) is 5.91 Å². The van der Waals surface area contributed by atoms with E-state index in [9.17, 15) is 9.59 Å². The molecule has 0 aromatic heterocycles. The molecule has 2 rings (SSSR count). The van der Waals surface area contributed by atoms with Crippen LogP contribution in [0.5, 0.6) is 5.75 Å². The second-order valence-corrected chi connectivity index (χ2v) is 10.7. The predicted molar refractivity (Wildman–Crippen MR) is 140 cm³/mol. The molecule has 0 unspecified atom stereocenters. The van der Waals surface area contributed by atoms with Gasteiger partial charge in [0.15, 0.2) is 6.61 Å². The molecule has 5 nitrogen and oxygen atoms in total. The van der Waals surface area contributed by atoms with E-state index in [-0.39, 0.29) is 30.4 Å². The van der Waals surface area contributed by atoms with Gasteiger partial charge >= 0.3 is 0 Å². The van der Waals surface area contributed by atoms with Crippen molar-refractivity contribution in [3.63, 3.8) is 0 Å². The summed E-state index contributed by atoms with van der Waals surface area (Å²) in [4.78, 5) is 27.8. The van der Waals surface area contributed by atoms with Crippen molar-refractivity contribution in [2.24, 2.45) is 5.92 Å². The minimum Gasteiger partial charge on any atom is -0.484 e. The zero-order valence-corrected chi connectivity index (χ0v) is 22.5. The smallest absolute Gasteiger partial charge is 0.261 e. The van der Waals surface area contributed by atoms with Crippen molar-refractivity contribution in [2.45, 2.75) is 66.0 Å². The van der Waals surface area contributed by atoms with Gasteiger partial charge in [-0.15, -0.1) is 0 Å². The third-order valence-electron chi connectivity index (χ3n) is 5.49. The van der Waals surface area contributed by atoms with Gasteiger partial charge in [-0.2, -0.15) is 0 Å². The lowest BCUT2D eigenvalue weighted by atomic mass is 9.87. The Kier molecular flexibility index (Phi) is 10.3. The lowest BCUT2D eigenvalue weighted by Gasteiger charge is -2.31. The Morgan fingerprint density at radius 1 is 1.03 bits per heavy atom. The van der Waals surface area contributed by atoms with E-state index < -0.39 is 6.04 Å². The normalized spacial score (nSPS) is 12.4. The van der Waals surface area contributed by atoms with Crippen LogP contribution in [0.1, 0.15) is 59.1 Å². The number of hydrogen-bond donors (Lipinski definition) is 1. The van der Waals surface area contributed by atoms with E-state index in [0.29, 0.717) is 34.7 Å². The van der Waals surface area contributed by atoms with Gasteiger partial charge in [-0.1, -0.05) is 82.9 Å². The van der Waals surface area contributed by atoms with Crippen LogP contribution in [0, 0.1) is 5.92 Å². The molecule has 0 radical (unpaired) electrons. The van der Waals surface area contributed by atoms with Crippen LogP contribution < -0.4 is 10.1 Å². The molecule has 0 aliphatic heterocycles. The first kappa shape index (κ1) is 28.0. The van der Waals surface area contributed by atoms with E-state index in [0.717, 1.165) is 5.56 Å². The van der Waals surface area contributed by atoms with Crippen molar-refractivity contribution in [1.29, 1.82) is 0 Å². The number of carbonyl (C=O) groups excluding carboxylic acids is 2. The highest BCUT2D eigenvalue weighted by Crippen LogP contribution is 2.25. The lowest BCUT2D eigenvalue weighted by Crippen LogP contribution is -2.50. The van der Waals surface area contributed by atoms with Crippen LogP contribution in [0.25, 0.3) is 0 Å². The zero-order valence-electron chi connectivity index (χ0n) is 21.0. The molecule has 0 bridgehead atoms. The van der Waals surface area contributed by atoms with Gasteiger partial charge in [0.1, 0.15) is 11.8 Å². The molecule has 0 aliphatic rings. The van der Waals surface area contributed by atoms with Gasteiger partial charge in [-0.25, -0.2) is 0 Å². The maximum atomic E-state index is 13.3. The fraction of sp³-hybridized carbons (Fsp3) is 0.481. The van der Waals surface area contributed by atoms with Crippen LogP contribution >= 0.6 is 23.2 Å². The van der Waals surface area contributed by atoms with Crippen molar-refractivity contribution in [2.75, 3.05) is 13.2 Å². The third kappa shape index (κ3) is 8.21. The van der Waals surface area contributed by atoms with Gasteiger partial charge in [0.05, 0.1) is 10.0 Å². The molecule has 34 heavy (non-hydrogen) atoms. The Morgan fingerprint density at radius 3 is 2.21 bits per heavy atom. The van der Waals surface area contributed by atoms with Crippen LogP contribution in [-0.4, -0.2) is 35.9 Å². The van der Waals surface area contributed by atoms with Crippen LogP contribution in [0.3, 0.4) is 0 Å². The molecule has 1 atom stereocenters. The SMILES string of the molecule is CC[C@H](C(=O)NCC(C)C)N(Cc1ccc(Cl)c(Cl)c1)C(=O)COc1ccc(C(C)(C)C)cc1. The summed E-state index contributed by atoms with van der Waals surface area (Å²) in [7, 11) is 0. The first-order chi connectivity index (χ1) is 15.9. The number of nitrogens with one attached hydrogen (secondary N) is 1. The Bertz CT molecular complexity index is 969. The first-order valence-corrected chi connectivity index (χ1v) is 12.4. The van der Waals surface area contributed by atoms with E-state index in [2.05, 4.69) is 26.1 Å². The standard InChI is InChI=1S/C27H36Cl2N2O3/c1-7-24(26(33)30-15-18(2)3)31(16-19-8-13-22(28)23(29)14-19)25(32)17-34-21-11-9-20(10-12-21)27(4,5)6/h8-14,18,24H,7,15-17H2,1-6H3,(H,30,33)/t24-/m1/s1. The molecule has 0 heterocycles. The van der Waals surface area contributed by atoms with Gasteiger partial charge in [0.25, 0.3) is 5.91 Å². The van der Waals surface area contributed by atoms with Crippen molar-refractivity contribution in [1.82, 2.24) is 10.2 Å². The van der Waals surface area contributed by atoms with Gasteiger partial charge < -0.3 is 15.0 Å². The first-order valence-electron chi connectivity index (χ1n) is 11.7. The zero-order chi connectivity index (χ0) is 25.5. The van der Waals surface area contributed by atoms with Crippen LogP contribution in [0.15, 0.2) is 42.5 Å². The van der Waals surface area contributed by atoms with E-state index in [1.165, 1.54) is 5.56 Å². The molecule has 7 heteroatoms. The molecule has 2 aromatic rings. The van der Waals surface area contributed by atoms with Gasteiger partial charge in [0, 0.05) is 13.1 Å². The number of hydrogen-bond acceptors (Lipinski definition) is 3. The molecule has 0 aliphatic carbocycles. The highest BCUT2D eigenvalue weighted by Gasteiger charge is 2.29. The summed E-state index contributed by atoms with van der Waals surface area (Å²) < 4.78 is 5.80. The quantitative estimate of drug-likeness (QED) is 0.414. The number of carbonyl (C=O) groups is 2. The molecule has 186 valence electrons. The summed E-state index contributed by atoms with van der Waals surface area (Å²) in [5.41, 5.74) is 2.00. The predicted octanol–water partition coefficient (Wildman–Crippen LogP) is 6.25. The summed E-state index contributed by atoms with van der Waals surface area (Å²) in [6.07, 6.45) is 0.470. The van der Waals surface area contributed by atoms with Gasteiger partial charge in [-0.05, 0) is 53.1 Å². The molecule has 2 aromatic carbocycles. The number of halogens is 2. The summed E-state index contributed by atoms with van der Waals surface area (Å²) >= 11 is 12.2. The number of ether oxygens (including phenoxy) is 1. The largest absolute Gasteiger partial charge is 0.484 e. The Balaban J connectivity index is 2.21. The van der Waals surface area contributed by atoms with E-state index in [4.69, 9.17) is 27.9 Å². The summed E-state index contributed by atoms with van der Waals surface area (Å²) in [6, 6.07) is 12.3. The van der Waals surface area contributed by atoms with E-state index in [1.54, 1.807) is 23.1 Å². The maximum absolute atomic E-state index is 13.3. The number of benzene rings is 2. The monoisotopic (exact) mass is 506 g/mol. The molecular weight excluding hydrogens is 471 g/mol. The number of rotatable bonds is 10.